The Kier molecular flexibility index (Phi) is 6.34. The molecule has 2 N–H and O–H groups in total. The van der Waals surface area contributed by atoms with Crippen LogP contribution < -0.4 is 5.73 Å². The molecule has 0 amide bonds. The number of halogens is 2. The van der Waals surface area contributed by atoms with Crippen molar-refractivity contribution in [2.75, 3.05) is 25.9 Å². The summed E-state index contributed by atoms with van der Waals surface area (Å²) in [6.07, 6.45) is 1.11. The number of hydrogen-bond acceptors (Lipinski definition) is 3. The van der Waals surface area contributed by atoms with E-state index in [4.69, 9.17) is 5.73 Å². The summed E-state index contributed by atoms with van der Waals surface area (Å²) in [5.74, 6) is 0.469. The predicted octanol–water partition coefficient (Wildman–Crippen LogP) is 3.79. The Morgan fingerprint density at radius 1 is 1.20 bits per heavy atom. The Balaban J connectivity index is 0.000001000. The highest BCUT2D eigenvalue weighted by atomic mass is 35.5. The fourth-order valence-corrected chi connectivity index (χ4v) is 3.79. The van der Waals surface area contributed by atoms with Crippen LogP contribution in [0.2, 0.25) is 0 Å². The lowest BCUT2D eigenvalue weighted by Crippen LogP contribution is -2.24. The summed E-state index contributed by atoms with van der Waals surface area (Å²) >= 11 is 1.76. The molecule has 0 spiro atoms. The van der Waals surface area contributed by atoms with Gasteiger partial charge in [0.1, 0.15) is 0 Å². The topological polar surface area (TPSA) is 29.3 Å². The van der Waals surface area contributed by atoms with Gasteiger partial charge in [-0.15, -0.1) is 36.2 Å². The fourth-order valence-electron chi connectivity index (χ4n) is 2.69. The lowest BCUT2D eigenvalue weighted by Gasteiger charge is -2.20. The molecule has 0 saturated carbocycles. The third kappa shape index (κ3) is 3.47. The van der Waals surface area contributed by atoms with Gasteiger partial charge in [0.05, 0.1) is 5.00 Å². The molecular formula is C15H20Cl2N2S. The number of anilines is 1. The molecule has 2 heterocycles. The van der Waals surface area contributed by atoms with Gasteiger partial charge in [0, 0.05) is 23.9 Å². The Bertz CT molecular complexity index is 542. The van der Waals surface area contributed by atoms with E-state index in [9.17, 15) is 0 Å². The summed E-state index contributed by atoms with van der Waals surface area (Å²) in [4.78, 5) is 3.88. The van der Waals surface area contributed by atoms with Gasteiger partial charge in [-0.25, -0.2) is 0 Å². The van der Waals surface area contributed by atoms with Gasteiger partial charge in [-0.3, -0.25) is 0 Å². The van der Waals surface area contributed by atoms with E-state index >= 15 is 0 Å². The molecule has 0 saturated heterocycles. The smallest absolute Gasteiger partial charge is 0.0862 e. The zero-order valence-electron chi connectivity index (χ0n) is 11.4. The molecular weight excluding hydrogens is 311 g/mol. The molecule has 2 aromatic rings. The van der Waals surface area contributed by atoms with Crippen LogP contribution in [0.3, 0.4) is 0 Å². The summed E-state index contributed by atoms with van der Waals surface area (Å²) < 4.78 is 0. The van der Waals surface area contributed by atoms with E-state index in [1.54, 1.807) is 11.3 Å². The molecule has 2 nitrogen and oxygen atoms in total. The summed E-state index contributed by atoms with van der Waals surface area (Å²) in [6, 6.07) is 12.9. The van der Waals surface area contributed by atoms with Gasteiger partial charge in [-0.05, 0) is 30.7 Å². The highest BCUT2D eigenvalue weighted by Crippen LogP contribution is 2.37. The molecule has 1 aliphatic rings. The first-order chi connectivity index (χ1) is 8.74. The number of rotatable bonds is 1. The van der Waals surface area contributed by atoms with Crippen LogP contribution in [-0.2, 0) is 6.42 Å². The minimum absolute atomic E-state index is 0. The molecule has 20 heavy (non-hydrogen) atoms. The number of thiophene rings is 1. The van der Waals surface area contributed by atoms with Crippen molar-refractivity contribution in [2.45, 2.75) is 12.3 Å². The molecule has 0 aliphatic carbocycles. The van der Waals surface area contributed by atoms with Crippen molar-refractivity contribution in [3.63, 3.8) is 0 Å². The Morgan fingerprint density at radius 2 is 1.90 bits per heavy atom. The molecule has 3 rings (SSSR count). The highest BCUT2D eigenvalue weighted by Gasteiger charge is 2.24. The van der Waals surface area contributed by atoms with Crippen molar-refractivity contribution in [2.24, 2.45) is 0 Å². The zero-order valence-corrected chi connectivity index (χ0v) is 13.9. The number of nitrogen functional groups attached to an aromatic ring is 1. The molecule has 5 heteroatoms. The molecule has 110 valence electrons. The van der Waals surface area contributed by atoms with Crippen molar-refractivity contribution in [1.29, 1.82) is 0 Å². The van der Waals surface area contributed by atoms with E-state index in [1.807, 2.05) is 0 Å². The lowest BCUT2D eigenvalue weighted by atomic mass is 9.95. The van der Waals surface area contributed by atoms with Crippen LogP contribution in [0.25, 0.3) is 0 Å². The minimum atomic E-state index is 0. The number of benzene rings is 1. The van der Waals surface area contributed by atoms with Crippen LogP contribution >= 0.6 is 36.2 Å². The van der Waals surface area contributed by atoms with Gasteiger partial charge in [0.25, 0.3) is 0 Å². The maximum atomic E-state index is 5.99. The van der Waals surface area contributed by atoms with Crippen LogP contribution in [0, 0.1) is 0 Å². The monoisotopic (exact) mass is 330 g/mol. The summed E-state index contributed by atoms with van der Waals surface area (Å²) in [7, 11) is 2.20. The van der Waals surface area contributed by atoms with Crippen molar-refractivity contribution in [1.82, 2.24) is 4.90 Å². The average Bonchev–Trinajstić information content (AvgIpc) is 2.68. The maximum Gasteiger partial charge on any atom is 0.0862 e. The van der Waals surface area contributed by atoms with Crippen LogP contribution in [0.15, 0.2) is 36.4 Å². The van der Waals surface area contributed by atoms with Gasteiger partial charge in [0.2, 0.25) is 0 Å². The van der Waals surface area contributed by atoms with Crippen LogP contribution in [0.5, 0.6) is 0 Å². The van der Waals surface area contributed by atoms with Crippen LogP contribution in [-0.4, -0.2) is 25.0 Å². The molecule has 0 bridgehead atoms. The summed E-state index contributed by atoms with van der Waals surface area (Å²) in [5, 5.41) is 0.950. The number of nitrogens with two attached hydrogens (primary N) is 1. The quantitative estimate of drug-likeness (QED) is 0.861. The van der Waals surface area contributed by atoms with E-state index in [0.717, 1.165) is 24.5 Å². The van der Waals surface area contributed by atoms with Gasteiger partial charge < -0.3 is 10.6 Å². The predicted molar refractivity (Wildman–Crippen MR) is 92.7 cm³/mol. The first-order valence-electron chi connectivity index (χ1n) is 6.35. The minimum Gasteiger partial charge on any atom is -0.391 e. The highest BCUT2D eigenvalue weighted by molar-refractivity contribution is 7.16. The van der Waals surface area contributed by atoms with Gasteiger partial charge in [0.15, 0.2) is 0 Å². The van der Waals surface area contributed by atoms with Gasteiger partial charge in [-0.2, -0.15) is 0 Å². The SMILES string of the molecule is CN1CCc2cc(N)sc2C(c2ccccc2)C1.Cl.Cl. The van der Waals surface area contributed by atoms with E-state index in [1.165, 1.54) is 16.0 Å². The number of likely N-dealkylation sites (N-methyl/N-ethyl adjacent to an activating group) is 1. The Labute approximate surface area is 136 Å². The molecule has 1 unspecified atom stereocenters. The summed E-state index contributed by atoms with van der Waals surface area (Å²) in [6.45, 7) is 2.20. The first kappa shape index (κ1) is 17.3. The third-order valence-electron chi connectivity index (χ3n) is 3.64. The van der Waals surface area contributed by atoms with E-state index in [0.29, 0.717) is 5.92 Å². The second-order valence-corrected chi connectivity index (χ2v) is 6.13. The molecule has 0 radical (unpaired) electrons. The molecule has 1 aliphatic heterocycles. The largest absolute Gasteiger partial charge is 0.391 e. The molecule has 0 fully saturated rings. The zero-order chi connectivity index (χ0) is 12.5. The fraction of sp³-hybridized carbons (Fsp3) is 0.333. The second kappa shape index (κ2) is 7.32. The molecule has 1 aromatic heterocycles. The maximum absolute atomic E-state index is 5.99. The van der Waals surface area contributed by atoms with Crippen molar-refractivity contribution in [3.8, 4) is 0 Å². The third-order valence-corrected chi connectivity index (χ3v) is 4.76. The van der Waals surface area contributed by atoms with Crippen molar-refractivity contribution in [3.05, 3.63) is 52.4 Å². The van der Waals surface area contributed by atoms with Crippen molar-refractivity contribution >= 4 is 41.2 Å². The first-order valence-corrected chi connectivity index (χ1v) is 7.17. The van der Waals surface area contributed by atoms with Gasteiger partial charge >= 0.3 is 0 Å². The van der Waals surface area contributed by atoms with E-state index in [2.05, 4.69) is 48.3 Å². The average molecular weight is 331 g/mol. The van der Waals surface area contributed by atoms with Gasteiger partial charge in [-0.1, -0.05) is 30.3 Å². The van der Waals surface area contributed by atoms with Crippen molar-refractivity contribution < 1.29 is 0 Å². The normalized spacial score (nSPS) is 18.4. The Hall–Kier alpha value is -0.740. The number of nitrogens with zero attached hydrogens (tertiary/aromatic N) is 1. The molecule has 1 atom stereocenters. The van der Waals surface area contributed by atoms with E-state index < -0.39 is 0 Å². The standard InChI is InChI=1S/C15H18N2S.2ClH/c1-17-8-7-12-9-14(16)18-15(12)13(10-17)11-5-3-2-4-6-11;;/h2-6,9,13H,7-8,10,16H2,1H3;2*1H. The summed E-state index contributed by atoms with van der Waals surface area (Å²) in [5.41, 5.74) is 8.83. The molecule has 1 aromatic carbocycles. The Morgan fingerprint density at radius 3 is 2.60 bits per heavy atom. The lowest BCUT2D eigenvalue weighted by molar-refractivity contribution is 0.338. The number of hydrogen-bond donors (Lipinski definition) is 1. The second-order valence-electron chi connectivity index (χ2n) is 5.01. The van der Waals surface area contributed by atoms with E-state index in [-0.39, 0.29) is 24.8 Å². The van der Waals surface area contributed by atoms with Crippen LogP contribution in [0.1, 0.15) is 21.9 Å². The van der Waals surface area contributed by atoms with Crippen LogP contribution in [0.4, 0.5) is 5.00 Å². The number of fused-ring (bicyclic) bond motifs is 1.